The van der Waals surface area contributed by atoms with Gasteiger partial charge in [0.2, 0.25) is 0 Å². The summed E-state index contributed by atoms with van der Waals surface area (Å²) in [7, 11) is 0. The molecule has 2 rings (SSSR count). The molecule has 1 heterocycles. The summed E-state index contributed by atoms with van der Waals surface area (Å²) in [5.74, 6) is 0.150. The second kappa shape index (κ2) is 5.59. The summed E-state index contributed by atoms with van der Waals surface area (Å²) in [5.41, 5.74) is 6.99. The van der Waals surface area contributed by atoms with Crippen LogP contribution in [0.25, 0.3) is 0 Å². The molecule has 20 heavy (non-hydrogen) atoms. The van der Waals surface area contributed by atoms with E-state index in [2.05, 4.69) is 4.98 Å². The quantitative estimate of drug-likeness (QED) is 0.901. The number of aliphatic hydroxyl groups excluding tert-OH is 1. The molecule has 4 heteroatoms. The number of pyridine rings is 1. The molecule has 0 saturated heterocycles. The first-order valence-electron chi connectivity index (χ1n) is 6.54. The predicted octanol–water partition coefficient (Wildman–Crippen LogP) is 2.68. The van der Waals surface area contributed by atoms with Crippen molar-refractivity contribution in [1.29, 1.82) is 0 Å². The molecular weight excluding hydrogens is 255 g/mol. The molecule has 0 aliphatic rings. The third-order valence-corrected chi connectivity index (χ3v) is 3.76. The summed E-state index contributed by atoms with van der Waals surface area (Å²) in [5, 5.41) is 10.5. The average molecular weight is 274 g/mol. The third-order valence-electron chi connectivity index (χ3n) is 3.76. The molecule has 0 aliphatic carbocycles. The number of nitrogens with two attached hydrogens (primary N) is 1. The fraction of sp³-hybridized carbons (Fsp3) is 0.312. The normalized spacial score (nSPS) is 13.2. The molecule has 0 spiro atoms. The van der Waals surface area contributed by atoms with Crippen LogP contribution < -0.4 is 5.73 Å². The number of hydrogen-bond acceptors (Lipinski definition) is 3. The van der Waals surface area contributed by atoms with Gasteiger partial charge in [-0.25, -0.2) is 9.37 Å². The monoisotopic (exact) mass is 274 g/mol. The van der Waals surface area contributed by atoms with Crippen LogP contribution in [0.5, 0.6) is 0 Å². The lowest BCUT2D eigenvalue weighted by Gasteiger charge is -2.31. The largest absolute Gasteiger partial charge is 0.392 e. The molecule has 0 radical (unpaired) electrons. The van der Waals surface area contributed by atoms with Gasteiger partial charge in [0.25, 0.3) is 0 Å². The number of halogens is 1. The van der Waals surface area contributed by atoms with Crippen molar-refractivity contribution in [1.82, 2.24) is 4.98 Å². The highest BCUT2D eigenvalue weighted by atomic mass is 19.1. The Kier molecular flexibility index (Phi) is 4.04. The van der Waals surface area contributed by atoms with Crippen molar-refractivity contribution >= 4 is 5.82 Å². The van der Waals surface area contributed by atoms with Gasteiger partial charge in [0, 0.05) is 18.0 Å². The number of anilines is 1. The summed E-state index contributed by atoms with van der Waals surface area (Å²) in [6.45, 7) is 3.86. The van der Waals surface area contributed by atoms with Crippen molar-refractivity contribution in [3.63, 3.8) is 0 Å². The minimum absolute atomic E-state index is 0.282. The van der Waals surface area contributed by atoms with Crippen molar-refractivity contribution in [3.05, 3.63) is 59.5 Å². The topological polar surface area (TPSA) is 59.1 Å². The van der Waals surface area contributed by atoms with Gasteiger partial charge >= 0.3 is 0 Å². The van der Waals surface area contributed by atoms with E-state index in [1.165, 1.54) is 12.1 Å². The Morgan fingerprint density at radius 1 is 1.25 bits per heavy atom. The van der Waals surface area contributed by atoms with Gasteiger partial charge in [0.05, 0.1) is 6.10 Å². The van der Waals surface area contributed by atoms with Crippen LogP contribution >= 0.6 is 0 Å². The number of benzene rings is 1. The minimum Gasteiger partial charge on any atom is -0.392 e. The van der Waals surface area contributed by atoms with Gasteiger partial charge in [-0.2, -0.15) is 0 Å². The maximum atomic E-state index is 13.0. The lowest BCUT2D eigenvalue weighted by molar-refractivity contribution is 0.100. The van der Waals surface area contributed by atoms with Crippen LogP contribution in [0.2, 0.25) is 0 Å². The first-order valence-corrected chi connectivity index (χ1v) is 6.54. The Morgan fingerprint density at radius 2 is 1.90 bits per heavy atom. The van der Waals surface area contributed by atoms with E-state index in [1.54, 1.807) is 24.4 Å². The lowest BCUT2D eigenvalue weighted by Crippen LogP contribution is -2.35. The van der Waals surface area contributed by atoms with Gasteiger partial charge in [-0.1, -0.05) is 32.0 Å². The van der Waals surface area contributed by atoms with E-state index in [4.69, 9.17) is 5.73 Å². The Balaban J connectivity index is 2.21. The van der Waals surface area contributed by atoms with E-state index in [1.807, 2.05) is 19.9 Å². The van der Waals surface area contributed by atoms with Gasteiger partial charge in [-0.15, -0.1) is 0 Å². The zero-order valence-electron chi connectivity index (χ0n) is 11.7. The highest BCUT2D eigenvalue weighted by molar-refractivity contribution is 5.39. The molecule has 0 fully saturated rings. The zero-order chi connectivity index (χ0) is 14.8. The van der Waals surface area contributed by atoms with E-state index in [0.717, 1.165) is 11.1 Å². The van der Waals surface area contributed by atoms with Gasteiger partial charge < -0.3 is 10.8 Å². The highest BCUT2D eigenvalue weighted by Gasteiger charge is 2.30. The van der Waals surface area contributed by atoms with Crippen molar-refractivity contribution in [2.24, 2.45) is 0 Å². The molecule has 0 amide bonds. The van der Waals surface area contributed by atoms with E-state index in [0.29, 0.717) is 12.2 Å². The SMILES string of the molecule is CC(C)(c1ccc(F)cc1)C(O)Cc1cccnc1N. The molecule has 1 aromatic carbocycles. The maximum absolute atomic E-state index is 13.0. The van der Waals surface area contributed by atoms with Crippen molar-refractivity contribution in [2.75, 3.05) is 5.73 Å². The fourth-order valence-corrected chi connectivity index (χ4v) is 2.16. The first kappa shape index (κ1) is 14.5. The zero-order valence-corrected chi connectivity index (χ0v) is 11.7. The number of rotatable bonds is 4. The third kappa shape index (κ3) is 2.96. The van der Waals surface area contributed by atoms with E-state index < -0.39 is 11.5 Å². The van der Waals surface area contributed by atoms with Gasteiger partial charge in [0.1, 0.15) is 11.6 Å². The molecule has 3 N–H and O–H groups in total. The Morgan fingerprint density at radius 3 is 2.50 bits per heavy atom. The molecule has 1 unspecified atom stereocenters. The molecule has 106 valence electrons. The van der Waals surface area contributed by atoms with E-state index in [9.17, 15) is 9.50 Å². The molecule has 1 atom stereocenters. The molecule has 2 aromatic rings. The second-order valence-corrected chi connectivity index (χ2v) is 5.50. The van der Waals surface area contributed by atoms with Crippen molar-refractivity contribution in [2.45, 2.75) is 31.8 Å². The van der Waals surface area contributed by atoms with E-state index >= 15 is 0 Å². The lowest BCUT2D eigenvalue weighted by atomic mass is 9.77. The smallest absolute Gasteiger partial charge is 0.126 e. The van der Waals surface area contributed by atoms with Crippen molar-refractivity contribution in [3.8, 4) is 0 Å². The van der Waals surface area contributed by atoms with Crippen LogP contribution in [-0.4, -0.2) is 16.2 Å². The molecule has 0 aliphatic heterocycles. The average Bonchev–Trinajstić information content (AvgIpc) is 2.41. The second-order valence-electron chi connectivity index (χ2n) is 5.50. The van der Waals surface area contributed by atoms with Crippen LogP contribution in [0.1, 0.15) is 25.0 Å². The van der Waals surface area contributed by atoms with Crippen LogP contribution in [0.3, 0.4) is 0 Å². The number of hydrogen-bond donors (Lipinski definition) is 2. The molecule has 1 aromatic heterocycles. The highest BCUT2D eigenvalue weighted by Crippen LogP contribution is 2.29. The summed E-state index contributed by atoms with van der Waals surface area (Å²) < 4.78 is 13.0. The van der Waals surface area contributed by atoms with E-state index in [-0.39, 0.29) is 5.82 Å². The summed E-state index contributed by atoms with van der Waals surface area (Å²) in [6.07, 6.45) is 1.39. The van der Waals surface area contributed by atoms with Gasteiger partial charge in [-0.05, 0) is 29.3 Å². The number of aliphatic hydroxyl groups is 1. The molecular formula is C16H19FN2O. The Labute approximate surface area is 118 Å². The van der Waals surface area contributed by atoms with Crippen molar-refractivity contribution < 1.29 is 9.50 Å². The number of nitrogen functional groups attached to an aromatic ring is 1. The minimum atomic E-state index is -0.639. The summed E-state index contributed by atoms with van der Waals surface area (Å²) in [6, 6.07) is 9.86. The molecule has 3 nitrogen and oxygen atoms in total. The van der Waals surface area contributed by atoms with Crippen LogP contribution in [-0.2, 0) is 11.8 Å². The van der Waals surface area contributed by atoms with Crippen LogP contribution in [0.15, 0.2) is 42.6 Å². The Bertz CT molecular complexity index is 581. The fourth-order valence-electron chi connectivity index (χ4n) is 2.16. The van der Waals surface area contributed by atoms with Gasteiger partial charge in [0.15, 0.2) is 0 Å². The predicted molar refractivity (Wildman–Crippen MR) is 77.8 cm³/mol. The number of nitrogens with zero attached hydrogens (tertiary/aromatic N) is 1. The standard InChI is InChI=1S/C16H19FN2O/c1-16(2,12-5-7-13(17)8-6-12)14(20)10-11-4-3-9-19-15(11)18/h3-9,14,20H,10H2,1-2H3,(H2,18,19). The first-order chi connectivity index (χ1) is 9.41. The Hall–Kier alpha value is -1.94. The van der Waals surface area contributed by atoms with Gasteiger partial charge in [-0.3, -0.25) is 0 Å². The van der Waals surface area contributed by atoms with Crippen LogP contribution in [0.4, 0.5) is 10.2 Å². The number of aromatic nitrogens is 1. The molecule has 0 bridgehead atoms. The maximum Gasteiger partial charge on any atom is 0.126 e. The summed E-state index contributed by atoms with van der Waals surface area (Å²) >= 11 is 0. The summed E-state index contributed by atoms with van der Waals surface area (Å²) in [4.78, 5) is 4.02. The molecule has 0 saturated carbocycles. The van der Waals surface area contributed by atoms with Crippen LogP contribution in [0, 0.1) is 5.82 Å².